The number of benzene rings is 1. The Bertz CT molecular complexity index is 548. The maximum absolute atomic E-state index is 12.8. The van der Waals surface area contributed by atoms with E-state index in [4.69, 9.17) is 5.73 Å². The van der Waals surface area contributed by atoms with Gasteiger partial charge < -0.3 is 11.1 Å². The first-order valence-corrected chi connectivity index (χ1v) is 6.30. The van der Waals surface area contributed by atoms with Crippen molar-refractivity contribution in [2.75, 3.05) is 11.1 Å². The van der Waals surface area contributed by atoms with Crippen LogP contribution in [0.3, 0.4) is 0 Å². The summed E-state index contributed by atoms with van der Waals surface area (Å²) in [5.41, 5.74) is 4.64. The lowest BCUT2D eigenvalue weighted by molar-refractivity contribution is -0.267. The van der Waals surface area contributed by atoms with E-state index in [-0.39, 0.29) is 16.3 Å². The molecule has 0 saturated carbocycles. The second kappa shape index (κ2) is 6.29. The van der Waals surface area contributed by atoms with Crippen LogP contribution in [-0.2, 0) is 9.59 Å². The molecule has 4 nitrogen and oxygen atoms in total. The molecule has 0 saturated heterocycles. The molecule has 0 heterocycles. The van der Waals surface area contributed by atoms with Crippen LogP contribution in [0.4, 0.5) is 27.6 Å². The third-order valence-electron chi connectivity index (χ3n) is 2.15. The molecule has 0 fully saturated rings. The lowest BCUT2D eigenvalue weighted by Crippen LogP contribution is -2.47. The molecule has 0 bridgehead atoms. The number of anilines is 1. The summed E-state index contributed by atoms with van der Waals surface area (Å²) in [6.45, 7) is 0. The fraction of sp³-hybridized carbons (Fsp3) is 0.273. The van der Waals surface area contributed by atoms with Crippen LogP contribution in [0.15, 0.2) is 29.2 Å². The summed E-state index contributed by atoms with van der Waals surface area (Å²) in [5, 5.41) is 1.50. The normalized spacial score (nSPS) is 12.0. The zero-order valence-electron chi connectivity index (χ0n) is 10.2. The number of nitrogens with two attached hydrogens (primary N) is 1. The molecule has 116 valence electrons. The van der Waals surface area contributed by atoms with Gasteiger partial charge in [0.05, 0.1) is 11.4 Å². The van der Waals surface area contributed by atoms with Crippen LogP contribution in [-0.4, -0.2) is 29.7 Å². The van der Waals surface area contributed by atoms with Crippen molar-refractivity contribution in [3.8, 4) is 0 Å². The number of nitrogens with one attached hydrogen (secondary N) is 1. The molecule has 0 spiro atoms. The Morgan fingerprint density at radius 3 is 2.24 bits per heavy atom. The molecule has 10 heteroatoms. The molecule has 0 aliphatic carbocycles. The second-order valence-electron chi connectivity index (χ2n) is 3.78. The van der Waals surface area contributed by atoms with Gasteiger partial charge >= 0.3 is 18.0 Å². The first-order chi connectivity index (χ1) is 9.55. The largest absolute Gasteiger partial charge is 0.463 e. The van der Waals surface area contributed by atoms with E-state index in [0.29, 0.717) is 0 Å². The minimum Gasteiger partial charge on any atom is -0.369 e. The van der Waals surface area contributed by atoms with Crippen molar-refractivity contribution in [2.45, 2.75) is 17.0 Å². The van der Waals surface area contributed by atoms with Gasteiger partial charge in [-0.05, 0) is 12.1 Å². The zero-order valence-corrected chi connectivity index (χ0v) is 11.0. The van der Waals surface area contributed by atoms with Crippen molar-refractivity contribution >= 4 is 29.3 Å². The van der Waals surface area contributed by atoms with Crippen LogP contribution in [0.5, 0.6) is 0 Å². The maximum atomic E-state index is 12.8. The molecule has 0 aliphatic heterocycles. The summed E-state index contributed by atoms with van der Waals surface area (Å²) in [6, 6.07) is 5.26. The highest BCUT2D eigenvalue weighted by molar-refractivity contribution is 8.00. The first-order valence-electron chi connectivity index (χ1n) is 5.32. The number of carbonyl (C=O) groups excluding carboxylic acids is 2. The minimum atomic E-state index is -5.99. The standard InChI is InChI=1S/C11H9F5N2O2S/c12-10(13,11(14,15)16)9(20)18-6-3-1-2-4-7(6)21-5-8(17)19/h1-4H,5H2,(H2,17,19)(H,18,20). The lowest BCUT2D eigenvalue weighted by Gasteiger charge is -2.19. The molecule has 0 aliphatic rings. The molecule has 0 atom stereocenters. The van der Waals surface area contributed by atoms with Crippen LogP contribution in [0.1, 0.15) is 0 Å². The van der Waals surface area contributed by atoms with Crippen molar-refractivity contribution in [2.24, 2.45) is 5.73 Å². The Morgan fingerprint density at radius 1 is 1.14 bits per heavy atom. The van der Waals surface area contributed by atoms with Crippen LogP contribution >= 0.6 is 11.8 Å². The molecule has 2 amide bonds. The summed E-state index contributed by atoms with van der Waals surface area (Å²) < 4.78 is 61.9. The topological polar surface area (TPSA) is 72.2 Å². The minimum absolute atomic E-state index is 0.141. The van der Waals surface area contributed by atoms with Gasteiger partial charge in [0.1, 0.15) is 0 Å². The third kappa shape index (κ3) is 4.31. The van der Waals surface area contributed by atoms with E-state index < -0.39 is 23.9 Å². The number of para-hydroxylation sites is 1. The van der Waals surface area contributed by atoms with Gasteiger partial charge in [-0.15, -0.1) is 11.8 Å². The average Bonchev–Trinajstić information content (AvgIpc) is 2.36. The van der Waals surface area contributed by atoms with Gasteiger partial charge in [0, 0.05) is 4.90 Å². The number of hydrogen-bond acceptors (Lipinski definition) is 3. The smallest absolute Gasteiger partial charge is 0.369 e. The summed E-state index contributed by atoms with van der Waals surface area (Å²) in [5.74, 6) is -8.94. The highest BCUT2D eigenvalue weighted by Gasteiger charge is 2.63. The van der Waals surface area contributed by atoms with E-state index in [1.54, 1.807) is 0 Å². The van der Waals surface area contributed by atoms with Gasteiger partial charge in [0.2, 0.25) is 5.91 Å². The van der Waals surface area contributed by atoms with Crippen LogP contribution in [0.25, 0.3) is 0 Å². The molecule has 0 unspecified atom stereocenters. The van der Waals surface area contributed by atoms with Gasteiger partial charge in [0.15, 0.2) is 0 Å². The lowest BCUT2D eigenvalue weighted by atomic mass is 10.2. The van der Waals surface area contributed by atoms with Gasteiger partial charge in [-0.1, -0.05) is 12.1 Å². The molecule has 3 N–H and O–H groups in total. The van der Waals surface area contributed by atoms with Gasteiger partial charge in [-0.3, -0.25) is 9.59 Å². The molecular formula is C11H9F5N2O2S. The molecular weight excluding hydrogens is 319 g/mol. The molecule has 21 heavy (non-hydrogen) atoms. The summed E-state index contributed by atoms with van der Waals surface area (Å²) in [4.78, 5) is 21.9. The van der Waals surface area contributed by atoms with Gasteiger partial charge in [0.25, 0.3) is 0 Å². The predicted molar refractivity (Wildman–Crippen MR) is 66.0 cm³/mol. The first kappa shape index (κ1) is 17.2. The van der Waals surface area contributed by atoms with Crippen molar-refractivity contribution in [3.63, 3.8) is 0 Å². The van der Waals surface area contributed by atoms with Crippen LogP contribution < -0.4 is 11.1 Å². The molecule has 0 aromatic heterocycles. The SMILES string of the molecule is NC(=O)CSc1ccccc1NC(=O)C(F)(F)C(F)(F)F. The molecule has 1 rings (SSSR count). The quantitative estimate of drug-likeness (QED) is 0.644. The van der Waals surface area contributed by atoms with Crippen LogP contribution in [0, 0.1) is 0 Å². The fourth-order valence-corrected chi connectivity index (χ4v) is 1.92. The number of thioether (sulfide) groups is 1. The van der Waals surface area contributed by atoms with E-state index in [9.17, 15) is 31.5 Å². The Labute approximate surface area is 119 Å². The third-order valence-corrected chi connectivity index (χ3v) is 3.24. The Balaban J connectivity index is 2.93. The maximum Gasteiger partial charge on any atom is 0.463 e. The van der Waals surface area contributed by atoms with Gasteiger partial charge in [-0.2, -0.15) is 22.0 Å². The fourth-order valence-electron chi connectivity index (χ4n) is 1.17. The highest BCUT2D eigenvalue weighted by Crippen LogP contribution is 2.37. The van der Waals surface area contributed by atoms with Gasteiger partial charge in [-0.25, -0.2) is 0 Å². The predicted octanol–water partition coefficient (Wildman–Crippen LogP) is 2.40. The molecule has 1 aromatic carbocycles. The highest BCUT2D eigenvalue weighted by atomic mass is 32.2. The van der Waals surface area contributed by atoms with Crippen molar-refractivity contribution < 1.29 is 31.5 Å². The van der Waals surface area contributed by atoms with E-state index >= 15 is 0 Å². The number of halogens is 5. The van der Waals surface area contributed by atoms with Crippen molar-refractivity contribution in [1.82, 2.24) is 0 Å². The monoisotopic (exact) mass is 328 g/mol. The van der Waals surface area contributed by atoms with E-state index in [1.165, 1.54) is 23.5 Å². The number of hydrogen-bond donors (Lipinski definition) is 2. The Morgan fingerprint density at radius 2 is 1.71 bits per heavy atom. The number of primary amides is 1. The van der Waals surface area contributed by atoms with E-state index in [1.807, 2.05) is 0 Å². The molecule has 0 radical (unpaired) electrons. The Hall–Kier alpha value is -1.84. The zero-order chi connectivity index (χ0) is 16.3. The average molecular weight is 328 g/mol. The van der Waals surface area contributed by atoms with Crippen molar-refractivity contribution in [3.05, 3.63) is 24.3 Å². The summed E-state index contributed by atoms with van der Waals surface area (Å²) in [7, 11) is 0. The summed E-state index contributed by atoms with van der Waals surface area (Å²) >= 11 is 0.800. The second-order valence-corrected chi connectivity index (χ2v) is 4.79. The number of rotatable bonds is 5. The van der Waals surface area contributed by atoms with E-state index in [2.05, 4.69) is 0 Å². The molecule has 1 aromatic rings. The van der Waals surface area contributed by atoms with E-state index in [0.717, 1.165) is 17.8 Å². The number of alkyl halides is 5. The number of amides is 2. The van der Waals surface area contributed by atoms with Crippen LogP contribution in [0.2, 0.25) is 0 Å². The Kier molecular flexibility index (Phi) is 5.15. The number of carbonyl (C=O) groups is 2. The van der Waals surface area contributed by atoms with Crippen molar-refractivity contribution in [1.29, 1.82) is 0 Å². The summed E-state index contributed by atoms with van der Waals surface area (Å²) in [6.07, 6.45) is -5.99.